The Morgan fingerprint density at radius 3 is 2.69 bits per heavy atom. The summed E-state index contributed by atoms with van der Waals surface area (Å²) in [5, 5.41) is 9.58. The van der Waals surface area contributed by atoms with Crippen molar-refractivity contribution in [3.05, 3.63) is 35.1 Å². The van der Waals surface area contributed by atoms with Crippen molar-refractivity contribution in [3.8, 4) is 0 Å². The van der Waals surface area contributed by atoms with Gasteiger partial charge in [0.1, 0.15) is 5.82 Å². The Morgan fingerprint density at radius 2 is 2.15 bits per heavy atom. The molecule has 13 heavy (non-hydrogen) atoms. The molecule has 3 heteroatoms. The summed E-state index contributed by atoms with van der Waals surface area (Å²) in [5.41, 5.74) is 1.50. The zero-order valence-electron chi connectivity index (χ0n) is 7.75. The van der Waals surface area contributed by atoms with Gasteiger partial charge in [-0.15, -0.1) is 0 Å². The average Bonchev–Trinajstić information content (AvgIpc) is 2.03. The number of hydrogen-bond acceptors (Lipinski definition) is 2. The molecule has 1 N–H and O–H groups in total. The monoisotopic (exact) mass is 200 g/mol. The molecule has 0 heterocycles. The highest BCUT2D eigenvalue weighted by molar-refractivity contribution is 7.98. The van der Waals surface area contributed by atoms with E-state index in [1.807, 2.05) is 19.2 Å². The van der Waals surface area contributed by atoms with Crippen LogP contribution in [0.4, 0.5) is 4.39 Å². The summed E-state index contributed by atoms with van der Waals surface area (Å²) in [5.74, 6) is 0.318. The van der Waals surface area contributed by atoms with E-state index in [0.717, 1.165) is 5.56 Å². The van der Waals surface area contributed by atoms with Crippen molar-refractivity contribution < 1.29 is 9.50 Å². The van der Waals surface area contributed by atoms with E-state index in [1.165, 1.54) is 12.1 Å². The first-order valence-corrected chi connectivity index (χ1v) is 5.47. The van der Waals surface area contributed by atoms with E-state index in [0.29, 0.717) is 11.3 Å². The van der Waals surface area contributed by atoms with Crippen LogP contribution < -0.4 is 0 Å². The third-order valence-electron chi connectivity index (χ3n) is 1.77. The fourth-order valence-electron chi connectivity index (χ4n) is 1.21. The van der Waals surface area contributed by atoms with Crippen molar-refractivity contribution in [2.75, 3.05) is 12.0 Å². The fourth-order valence-corrected chi connectivity index (χ4v) is 1.72. The van der Waals surface area contributed by atoms with Crippen LogP contribution in [0.15, 0.2) is 18.2 Å². The molecule has 0 aliphatic heterocycles. The van der Waals surface area contributed by atoms with Crippen LogP contribution in [-0.2, 0) is 0 Å². The van der Waals surface area contributed by atoms with Gasteiger partial charge in [0.2, 0.25) is 0 Å². The molecule has 1 aromatic carbocycles. The van der Waals surface area contributed by atoms with E-state index < -0.39 is 6.10 Å². The van der Waals surface area contributed by atoms with E-state index in [2.05, 4.69) is 0 Å². The predicted molar refractivity (Wildman–Crippen MR) is 54.5 cm³/mol. The molecule has 1 rings (SSSR count). The molecule has 1 unspecified atom stereocenters. The third-order valence-corrected chi connectivity index (χ3v) is 2.42. The fraction of sp³-hybridized carbons (Fsp3) is 0.400. The Morgan fingerprint density at radius 1 is 1.46 bits per heavy atom. The summed E-state index contributed by atoms with van der Waals surface area (Å²) < 4.78 is 12.9. The molecule has 0 saturated carbocycles. The second kappa shape index (κ2) is 4.63. The second-order valence-corrected chi connectivity index (χ2v) is 3.94. The third kappa shape index (κ3) is 3.01. The molecule has 0 saturated heterocycles. The number of thioether (sulfide) groups is 1. The second-order valence-electron chi connectivity index (χ2n) is 3.03. The maximum atomic E-state index is 12.9. The van der Waals surface area contributed by atoms with Gasteiger partial charge in [0.25, 0.3) is 0 Å². The zero-order chi connectivity index (χ0) is 9.84. The van der Waals surface area contributed by atoms with Crippen LogP contribution in [0.3, 0.4) is 0 Å². The van der Waals surface area contributed by atoms with Crippen molar-refractivity contribution in [1.82, 2.24) is 0 Å². The van der Waals surface area contributed by atoms with Crippen LogP contribution in [-0.4, -0.2) is 17.1 Å². The van der Waals surface area contributed by atoms with Gasteiger partial charge in [0, 0.05) is 5.75 Å². The van der Waals surface area contributed by atoms with Crippen molar-refractivity contribution in [3.63, 3.8) is 0 Å². The molecule has 0 fully saturated rings. The summed E-state index contributed by atoms with van der Waals surface area (Å²) >= 11 is 1.54. The van der Waals surface area contributed by atoms with Crippen molar-refractivity contribution in [2.45, 2.75) is 13.0 Å². The molecule has 1 nitrogen and oxygen atoms in total. The summed E-state index contributed by atoms with van der Waals surface area (Å²) in [7, 11) is 0. The Kier molecular flexibility index (Phi) is 3.75. The summed E-state index contributed by atoms with van der Waals surface area (Å²) in [6.45, 7) is 1.82. The molecule has 0 radical (unpaired) electrons. The van der Waals surface area contributed by atoms with Gasteiger partial charge >= 0.3 is 0 Å². The van der Waals surface area contributed by atoms with Crippen LogP contribution in [0.2, 0.25) is 0 Å². The van der Waals surface area contributed by atoms with E-state index >= 15 is 0 Å². The van der Waals surface area contributed by atoms with Crippen LogP contribution in [0.5, 0.6) is 0 Å². The molecule has 0 aliphatic carbocycles. The predicted octanol–water partition coefficient (Wildman–Crippen LogP) is 2.53. The molecule has 0 spiro atoms. The van der Waals surface area contributed by atoms with Crippen LogP contribution in [0.1, 0.15) is 17.2 Å². The van der Waals surface area contributed by atoms with Gasteiger partial charge in [-0.3, -0.25) is 0 Å². The molecule has 1 atom stereocenters. The van der Waals surface area contributed by atoms with Crippen molar-refractivity contribution in [2.24, 2.45) is 0 Å². The lowest BCUT2D eigenvalue weighted by Crippen LogP contribution is -2.01. The van der Waals surface area contributed by atoms with E-state index in [-0.39, 0.29) is 5.82 Å². The first-order chi connectivity index (χ1) is 6.13. The van der Waals surface area contributed by atoms with Gasteiger partial charge in [-0.05, 0) is 36.4 Å². The van der Waals surface area contributed by atoms with Gasteiger partial charge in [-0.25, -0.2) is 4.39 Å². The highest BCUT2D eigenvalue weighted by atomic mass is 32.2. The molecule has 72 valence electrons. The normalized spacial score (nSPS) is 12.9. The lowest BCUT2D eigenvalue weighted by molar-refractivity contribution is 0.203. The quantitative estimate of drug-likeness (QED) is 0.809. The van der Waals surface area contributed by atoms with E-state index in [4.69, 9.17) is 0 Å². The minimum Gasteiger partial charge on any atom is -0.388 e. The van der Waals surface area contributed by atoms with Gasteiger partial charge in [0.15, 0.2) is 0 Å². The first-order valence-electron chi connectivity index (χ1n) is 4.07. The number of benzene rings is 1. The van der Waals surface area contributed by atoms with Crippen molar-refractivity contribution >= 4 is 11.8 Å². The zero-order valence-corrected chi connectivity index (χ0v) is 8.57. The van der Waals surface area contributed by atoms with Crippen LogP contribution in [0, 0.1) is 12.7 Å². The molecule has 0 amide bonds. The number of rotatable bonds is 3. The number of aryl methyl sites for hydroxylation is 1. The molecule has 0 aromatic heterocycles. The molecule has 0 aliphatic rings. The minimum atomic E-state index is -0.565. The Balaban J connectivity index is 2.87. The van der Waals surface area contributed by atoms with Crippen LogP contribution in [0.25, 0.3) is 0 Å². The highest BCUT2D eigenvalue weighted by Crippen LogP contribution is 2.19. The lowest BCUT2D eigenvalue weighted by Gasteiger charge is -2.09. The first kappa shape index (κ1) is 10.5. The number of halogens is 1. The topological polar surface area (TPSA) is 20.2 Å². The standard InChI is InChI=1S/C10H13FOS/c1-7-3-8(5-9(11)4-7)10(12)6-13-2/h3-5,10,12H,6H2,1-2H3. The van der Waals surface area contributed by atoms with Gasteiger partial charge in [0.05, 0.1) is 6.10 Å². The lowest BCUT2D eigenvalue weighted by atomic mass is 10.1. The summed E-state index contributed by atoms with van der Waals surface area (Å²) in [4.78, 5) is 0. The van der Waals surface area contributed by atoms with Crippen molar-refractivity contribution in [1.29, 1.82) is 0 Å². The Hall–Kier alpha value is -0.540. The van der Waals surface area contributed by atoms with E-state index in [1.54, 1.807) is 11.8 Å². The largest absolute Gasteiger partial charge is 0.388 e. The van der Waals surface area contributed by atoms with Gasteiger partial charge in [-0.2, -0.15) is 11.8 Å². The highest BCUT2D eigenvalue weighted by Gasteiger charge is 2.07. The molecule has 1 aromatic rings. The van der Waals surface area contributed by atoms with Gasteiger partial charge in [-0.1, -0.05) is 6.07 Å². The number of aliphatic hydroxyl groups is 1. The SMILES string of the molecule is CSCC(O)c1cc(C)cc(F)c1. The maximum Gasteiger partial charge on any atom is 0.123 e. The Labute approximate surface area is 82.0 Å². The van der Waals surface area contributed by atoms with E-state index in [9.17, 15) is 9.50 Å². The number of aliphatic hydroxyl groups excluding tert-OH is 1. The summed E-state index contributed by atoms with van der Waals surface area (Å²) in [6.07, 6.45) is 1.35. The number of hydrogen-bond donors (Lipinski definition) is 1. The van der Waals surface area contributed by atoms with Gasteiger partial charge < -0.3 is 5.11 Å². The molecular formula is C10H13FOS. The maximum absolute atomic E-state index is 12.9. The molecule has 0 bridgehead atoms. The minimum absolute atomic E-state index is 0.282. The summed E-state index contributed by atoms with van der Waals surface area (Å²) in [6, 6.07) is 4.65. The smallest absolute Gasteiger partial charge is 0.123 e. The molecular weight excluding hydrogens is 187 g/mol. The van der Waals surface area contributed by atoms with Crippen LogP contribution >= 0.6 is 11.8 Å². The Bertz CT molecular complexity index is 268. The average molecular weight is 200 g/mol.